The molecule has 0 saturated carbocycles. The number of furan rings is 1. The van der Waals surface area contributed by atoms with E-state index in [4.69, 9.17) is 48.7 Å². The summed E-state index contributed by atoms with van der Waals surface area (Å²) in [6.07, 6.45) is 1.61. The Kier molecular flexibility index (Phi) is 7.13. The van der Waals surface area contributed by atoms with E-state index in [9.17, 15) is 4.79 Å². The van der Waals surface area contributed by atoms with Gasteiger partial charge in [-0.25, -0.2) is 0 Å². The van der Waals surface area contributed by atoms with Crippen molar-refractivity contribution in [2.75, 3.05) is 12.4 Å². The fraction of sp³-hybridized carbons (Fsp3) is 0.130. The van der Waals surface area contributed by atoms with Crippen LogP contribution in [0.5, 0.6) is 11.5 Å². The van der Waals surface area contributed by atoms with E-state index < -0.39 is 5.91 Å². The molecule has 0 fully saturated rings. The number of benzene rings is 2. The number of aromatic nitrogens is 2. The molecule has 33 heavy (non-hydrogen) atoms. The van der Waals surface area contributed by atoms with Gasteiger partial charge in [-0.15, -0.1) is 0 Å². The van der Waals surface area contributed by atoms with Crippen molar-refractivity contribution in [3.8, 4) is 11.5 Å². The van der Waals surface area contributed by atoms with Crippen LogP contribution in [0.1, 0.15) is 21.9 Å². The molecule has 0 aliphatic carbocycles. The van der Waals surface area contributed by atoms with Crippen LogP contribution in [-0.4, -0.2) is 22.8 Å². The minimum absolute atomic E-state index is 0.106. The highest BCUT2D eigenvalue weighted by atomic mass is 35.5. The summed E-state index contributed by atoms with van der Waals surface area (Å²) in [6, 6.07) is 15.7. The Morgan fingerprint density at radius 2 is 1.85 bits per heavy atom. The first-order valence-electron chi connectivity index (χ1n) is 9.75. The lowest BCUT2D eigenvalue weighted by atomic mass is 10.2. The van der Waals surface area contributed by atoms with Crippen LogP contribution in [-0.2, 0) is 13.2 Å². The van der Waals surface area contributed by atoms with Crippen molar-refractivity contribution < 1.29 is 18.7 Å². The summed E-state index contributed by atoms with van der Waals surface area (Å²) in [7, 11) is 1.58. The van der Waals surface area contributed by atoms with Gasteiger partial charge in [-0.3, -0.25) is 9.48 Å². The molecule has 0 bridgehead atoms. The van der Waals surface area contributed by atoms with E-state index in [1.54, 1.807) is 54.4 Å². The summed E-state index contributed by atoms with van der Waals surface area (Å²) in [4.78, 5) is 12.6. The summed E-state index contributed by atoms with van der Waals surface area (Å²) < 4.78 is 18.0. The maximum Gasteiger partial charge on any atom is 0.292 e. The predicted octanol–water partition coefficient (Wildman–Crippen LogP) is 6.32. The highest BCUT2D eigenvalue weighted by Crippen LogP contribution is 2.25. The maximum atomic E-state index is 12.6. The van der Waals surface area contributed by atoms with Crippen LogP contribution in [0, 0.1) is 0 Å². The molecule has 10 heteroatoms. The van der Waals surface area contributed by atoms with Gasteiger partial charge in [-0.05, 0) is 42.0 Å². The SMILES string of the molecule is COc1cccc(OCc2ccc(C(=O)Nc3nn(Cc4ccc(Cl)c(Cl)c4)cc3Cl)o2)c1. The number of nitrogens with one attached hydrogen (secondary N) is 1. The quantitative estimate of drug-likeness (QED) is 0.302. The summed E-state index contributed by atoms with van der Waals surface area (Å²) in [5.74, 6) is 1.63. The molecular formula is C23H18Cl3N3O4. The monoisotopic (exact) mass is 505 g/mol. The third-order valence-corrected chi connectivity index (χ3v) is 5.60. The van der Waals surface area contributed by atoms with E-state index >= 15 is 0 Å². The number of carbonyl (C=O) groups excluding carboxylic acids is 1. The first-order valence-corrected chi connectivity index (χ1v) is 10.9. The third kappa shape index (κ3) is 5.82. The summed E-state index contributed by atoms with van der Waals surface area (Å²) in [5, 5.41) is 8.18. The number of anilines is 1. The zero-order valence-electron chi connectivity index (χ0n) is 17.3. The second-order valence-corrected chi connectivity index (χ2v) is 8.18. The van der Waals surface area contributed by atoms with Gasteiger partial charge in [0, 0.05) is 12.3 Å². The molecule has 0 unspecified atom stereocenters. The minimum Gasteiger partial charge on any atom is -0.497 e. The lowest BCUT2D eigenvalue weighted by molar-refractivity contribution is 0.0992. The van der Waals surface area contributed by atoms with Gasteiger partial charge in [0.15, 0.2) is 11.6 Å². The zero-order chi connectivity index (χ0) is 23.4. The van der Waals surface area contributed by atoms with Crippen molar-refractivity contribution in [2.45, 2.75) is 13.2 Å². The number of carbonyl (C=O) groups is 1. The highest BCUT2D eigenvalue weighted by molar-refractivity contribution is 6.42. The zero-order valence-corrected chi connectivity index (χ0v) is 19.6. The molecule has 0 radical (unpaired) electrons. The second kappa shape index (κ2) is 10.2. The average Bonchev–Trinajstić information content (AvgIpc) is 3.41. The van der Waals surface area contributed by atoms with E-state index in [0.717, 1.165) is 5.56 Å². The molecule has 4 rings (SSSR count). The standard InChI is InChI=1S/C23H18Cl3N3O4/c1-31-15-3-2-4-16(10-15)32-13-17-6-8-21(33-17)23(30)27-22-20(26)12-29(28-22)11-14-5-7-18(24)19(25)9-14/h2-10,12H,11,13H2,1H3,(H,27,28,30). The van der Waals surface area contributed by atoms with E-state index in [-0.39, 0.29) is 23.2 Å². The second-order valence-electron chi connectivity index (χ2n) is 6.96. The molecule has 7 nitrogen and oxygen atoms in total. The van der Waals surface area contributed by atoms with Gasteiger partial charge in [0.2, 0.25) is 0 Å². The first-order chi connectivity index (χ1) is 15.9. The van der Waals surface area contributed by atoms with Gasteiger partial charge in [0.05, 0.1) is 23.7 Å². The van der Waals surface area contributed by atoms with Crippen LogP contribution in [0.3, 0.4) is 0 Å². The molecule has 4 aromatic rings. The normalized spacial score (nSPS) is 10.8. The Balaban J connectivity index is 1.37. The number of amides is 1. The number of hydrogen-bond donors (Lipinski definition) is 1. The molecular weight excluding hydrogens is 489 g/mol. The third-order valence-electron chi connectivity index (χ3n) is 4.59. The van der Waals surface area contributed by atoms with Crippen molar-refractivity contribution in [1.82, 2.24) is 9.78 Å². The van der Waals surface area contributed by atoms with Gasteiger partial charge in [-0.2, -0.15) is 5.10 Å². The van der Waals surface area contributed by atoms with Crippen LogP contribution in [0.2, 0.25) is 15.1 Å². The van der Waals surface area contributed by atoms with Crippen LogP contribution in [0.4, 0.5) is 5.82 Å². The van der Waals surface area contributed by atoms with Crippen molar-refractivity contribution in [2.24, 2.45) is 0 Å². The van der Waals surface area contributed by atoms with Gasteiger partial charge in [-0.1, -0.05) is 46.9 Å². The maximum absolute atomic E-state index is 12.6. The largest absolute Gasteiger partial charge is 0.497 e. The van der Waals surface area contributed by atoms with Crippen molar-refractivity contribution in [3.05, 3.63) is 92.9 Å². The van der Waals surface area contributed by atoms with E-state index in [0.29, 0.717) is 33.8 Å². The van der Waals surface area contributed by atoms with E-state index in [1.807, 2.05) is 18.2 Å². The Hall–Kier alpha value is -3.13. The Morgan fingerprint density at radius 3 is 2.64 bits per heavy atom. The summed E-state index contributed by atoms with van der Waals surface area (Å²) in [6.45, 7) is 0.554. The number of hydrogen-bond acceptors (Lipinski definition) is 5. The molecule has 0 saturated heterocycles. The fourth-order valence-electron chi connectivity index (χ4n) is 2.98. The van der Waals surface area contributed by atoms with Crippen LogP contribution in [0.15, 0.2) is 65.2 Å². The number of rotatable bonds is 8. The van der Waals surface area contributed by atoms with Crippen molar-refractivity contribution in [1.29, 1.82) is 0 Å². The Morgan fingerprint density at radius 1 is 1.03 bits per heavy atom. The molecule has 1 N–H and O–H groups in total. The highest BCUT2D eigenvalue weighted by Gasteiger charge is 2.16. The molecule has 0 aliphatic rings. The van der Waals surface area contributed by atoms with E-state index in [2.05, 4.69) is 10.4 Å². The molecule has 0 spiro atoms. The lowest BCUT2D eigenvalue weighted by Gasteiger charge is -2.06. The first kappa shape index (κ1) is 23.0. The molecule has 0 atom stereocenters. The number of nitrogens with zero attached hydrogens (tertiary/aromatic N) is 2. The summed E-state index contributed by atoms with van der Waals surface area (Å²) in [5.41, 5.74) is 0.883. The predicted molar refractivity (Wildman–Crippen MR) is 127 cm³/mol. The molecule has 170 valence electrons. The molecule has 1 amide bonds. The molecule has 2 aromatic carbocycles. The van der Waals surface area contributed by atoms with Crippen LogP contribution in [0.25, 0.3) is 0 Å². The Labute approximate surface area is 204 Å². The summed E-state index contributed by atoms with van der Waals surface area (Å²) >= 11 is 18.2. The number of halogens is 3. The van der Waals surface area contributed by atoms with Crippen LogP contribution >= 0.6 is 34.8 Å². The van der Waals surface area contributed by atoms with Crippen molar-refractivity contribution in [3.63, 3.8) is 0 Å². The van der Waals surface area contributed by atoms with Gasteiger partial charge in [0.1, 0.15) is 28.9 Å². The molecule has 0 aliphatic heterocycles. The number of ether oxygens (including phenoxy) is 2. The lowest BCUT2D eigenvalue weighted by Crippen LogP contribution is -2.12. The van der Waals surface area contributed by atoms with E-state index in [1.165, 1.54) is 0 Å². The van der Waals surface area contributed by atoms with Crippen LogP contribution < -0.4 is 14.8 Å². The minimum atomic E-state index is -0.482. The number of methoxy groups -OCH3 is 1. The van der Waals surface area contributed by atoms with Gasteiger partial charge in [0.25, 0.3) is 5.91 Å². The topological polar surface area (TPSA) is 78.5 Å². The average molecular weight is 507 g/mol. The van der Waals surface area contributed by atoms with Crippen molar-refractivity contribution >= 4 is 46.5 Å². The smallest absolute Gasteiger partial charge is 0.292 e. The Bertz CT molecular complexity index is 1290. The van der Waals surface area contributed by atoms with Gasteiger partial charge < -0.3 is 19.2 Å². The fourth-order valence-corrected chi connectivity index (χ4v) is 3.50. The molecule has 2 heterocycles. The molecule has 2 aromatic heterocycles. The van der Waals surface area contributed by atoms with Gasteiger partial charge >= 0.3 is 0 Å².